The molecule has 1 aromatic rings. The molecule has 0 saturated heterocycles. The lowest BCUT2D eigenvalue weighted by Crippen LogP contribution is -2.22. The summed E-state index contributed by atoms with van der Waals surface area (Å²) in [5, 5.41) is 15.1. The van der Waals surface area contributed by atoms with Crippen LogP contribution in [0.15, 0.2) is 12.3 Å². The number of alkyl halides is 3. The molecule has 0 aliphatic carbocycles. The van der Waals surface area contributed by atoms with Crippen molar-refractivity contribution in [3.63, 3.8) is 0 Å². The second kappa shape index (κ2) is 6.83. The van der Waals surface area contributed by atoms with Crippen LogP contribution in [0.3, 0.4) is 0 Å². The molecule has 1 aromatic heterocycles. The predicted molar refractivity (Wildman–Crippen MR) is 65.5 cm³/mol. The molecule has 0 saturated carbocycles. The number of nitrogens with one attached hydrogen (secondary N) is 1. The summed E-state index contributed by atoms with van der Waals surface area (Å²) < 4.78 is 49.0. The van der Waals surface area contributed by atoms with Crippen molar-refractivity contribution in [2.75, 3.05) is 0 Å². The van der Waals surface area contributed by atoms with Crippen LogP contribution in [-0.4, -0.2) is 22.1 Å². The minimum absolute atomic E-state index is 0.0140. The first kappa shape index (κ1) is 17.0. The third kappa shape index (κ3) is 5.58. The van der Waals surface area contributed by atoms with Crippen molar-refractivity contribution in [1.29, 1.82) is 5.41 Å². The van der Waals surface area contributed by atoms with Crippen LogP contribution >= 0.6 is 22.6 Å². The number of hydrogen-bond acceptors (Lipinski definition) is 3. The maximum absolute atomic E-state index is 12.9. The van der Waals surface area contributed by atoms with E-state index < -0.39 is 23.8 Å². The van der Waals surface area contributed by atoms with Gasteiger partial charge in [0.1, 0.15) is 0 Å². The van der Waals surface area contributed by atoms with Crippen LogP contribution in [0.5, 0.6) is 0 Å². The standard InChI is InChI=1S/C7H4F4INO.C2H6N2/c8-6-4(3(12)1-2-13-6)5(14)7(9,10)11;1-2(3)4/h1-2,5,14H;1H3,(H3,3,4). The highest BCUT2D eigenvalue weighted by Crippen LogP contribution is 2.35. The highest BCUT2D eigenvalue weighted by atomic mass is 127. The first-order valence-corrected chi connectivity index (χ1v) is 5.50. The number of rotatable bonds is 1. The first-order valence-electron chi connectivity index (χ1n) is 4.42. The van der Waals surface area contributed by atoms with Crippen LogP contribution in [0, 0.1) is 14.9 Å². The van der Waals surface area contributed by atoms with Crippen LogP contribution in [0.4, 0.5) is 17.6 Å². The summed E-state index contributed by atoms with van der Waals surface area (Å²) in [6.45, 7) is 1.53. The number of amidine groups is 1. The summed E-state index contributed by atoms with van der Waals surface area (Å²) >= 11 is 1.50. The first-order chi connectivity index (χ1) is 8.07. The van der Waals surface area contributed by atoms with Crippen LogP contribution < -0.4 is 5.73 Å². The van der Waals surface area contributed by atoms with Crippen LogP contribution in [0.2, 0.25) is 0 Å². The number of halogens is 5. The van der Waals surface area contributed by atoms with Gasteiger partial charge in [0.2, 0.25) is 5.95 Å². The van der Waals surface area contributed by atoms with Gasteiger partial charge in [0.15, 0.2) is 6.10 Å². The molecule has 1 unspecified atom stereocenters. The number of aromatic nitrogens is 1. The molecule has 0 radical (unpaired) electrons. The van der Waals surface area contributed by atoms with Crippen LogP contribution in [0.25, 0.3) is 0 Å². The van der Waals surface area contributed by atoms with Crippen LogP contribution in [-0.2, 0) is 0 Å². The molecular formula is C9H10F4IN3O. The topological polar surface area (TPSA) is 83.0 Å². The minimum Gasteiger partial charge on any atom is -0.388 e. The zero-order valence-corrected chi connectivity index (χ0v) is 11.3. The smallest absolute Gasteiger partial charge is 0.388 e. The molecule has 0 aliphatic rings. The van der Waals surface area contributed by atoms with E-state index in [0.717, 1.165) is 6.20 Å². The van der Waals surface area contributed by atoms with Crippen molar-refractivity contribution in [3.8, 4) is 0 Å². The van der Waals surface area contributed by atoms with E-state index >= 15 is 0 Å². The summed E-state index contributed by atoms with van der Waals surface area (Å²) in [4.78, 5) is 3.04. The highest BCUT2D eigenvalue weighted by Gasteiger charge is 2.42. The maximum atomic E-state index is 12.9. The Morgan fingerprint density at radius 1 is 1.56 bits per heavy atom. The van der Waals surface area contributed by atoms with Gasteiger partial charge in [-0.3, -0.25) is 5.41 Å². The Labute approximate surface area is 114 Å². The molecule has 0 amide bonds. The van der Waals surface area contributed by atoms with Gasteiger partial charge in [-0.15, -0.1) is 0 Å². The van der Waals surface area contributed by atoms with E-state index in [1.165, 1.54) is 35.6 Å². The molecule has 0 spiro atoms. The second-order valence-corrected chi connectivity index (χ2v) is 4.29. The average molecular weight is 379 g/mol. The third-order valence-electron chi connectivity index (χ3n) is 1.47. The van der Waals surface area contributed by atoms with Crippen molar-refractivity contribution in [2.24, 2.45) is 5.73 Å². The summed E-state index contributed by atoms with van der Waals surface area (Å²) in [5.41, 5.74) is 3.86. The van der Waals surface area contributed by atoms with Crippen molar-refractivity contribution >= 4 is 28.4 Å². The van der Waals surface area contributed by atoms with E-state index in [1.54, 1.807) is 0 Å². The van der Waals surface area contributed by atoms with Gasteiger partial charge < -0.3 is 10.8 Å². The lowest BCUT2D eigenvalue weighted by atomic mass is 10.1. The lowest BCUT2D eigenvalue weighted by molar-refractivity contribution is -0.207. The van der Waals surface area contributed by atoms with Gasteiger partial charge in [-0.2, -0.15) is 17.6 Å². The number of nitrogens with zero attached hydrogens (tertiary/aromatic N) is 1. The fourth-order valence-electron chi connectivity index (χ4n) is 0.833. The molecule has 1 heterocycles. The molecule has 1 rings (SSSR count). The van der Waals surface area contributed by atoms with Crippen molar-refractivity contribution in [1.82, 2.24) is 4.98 Å². The Bertz CT molecular complexity index is 401. The Morgan fingerprint density at radius 3 is 2.33 bits per heavy atom. The van der Waals surface area contributed by atoms with Crippen molar-refractivity contribution < 1.29 is 22.7 Å². The molecule has 1 atom stereocenters. The van der Waals surface area contributed by atoms with Gasteiger partial charge in [-0.1, -0.05) is 0 Å². The molecule has 0 bridgehead atoms. The highest BCUT2D eigenvalue weighted by molar-refractivity contribution is 14.1. The van der Waals surface area contributed by atoms with Gasteiger partial charge in [0, 0.05) is 9.77 Å². The molecule has 9 heteroatoms. The lowest BCUT2D eigenvalue weighted by Gasteiger charge is -2.15. The molecule has 4 nitrogen and oxygen atoms in total. The molecule has 4 N–H and O–H groups in total. The summed E-state index contributed by atoms with van der Waals surface area (Å²) in [6.07, 6.45) is -6.68. The second-order valence-electron chi connectivity index (χ2n) is 3.12. The minimum atomic E-state index is -4.89. The SMILES string of the molecule is CC(=N)N.OC(c1c(I)ccnc1F)C(F)(F)F. The summed E-state index contributed by atoms with van der Waals surface area (Å²) in [5.74, 6) is -1.14. The molecule has 18 heavy (non-hydrogen) atoms. The number of aliphatic hydroxyl groups excluding tert-OH is 1. The number of pyridine rings is 1. The number of hydrogen-bond donors (Lipinski definition) is 3. The van der Waals surface area contributed by atoms with E-state index in [9.17, 15) is 17.6 Å². The molecular weight excluding hydrogens is 369 g/mol. The molecule has 102 valence electrons. The maximum Gasteiger partial charge on any atom is 0.418 e. The van der Waals surface area contributed by atoms with E-state index in [-0.39, 0.29) is 9.41 Å². The zero-order valence-electron chi connectivity index (χ0n) is 9.09. The van der Waals surface area contributed by atoms with Gasteiger partial charge in [-0.25, -0.2) is 4.98 Å². The van der Waals surface area contributed by atoms with E-state index in [2.05, 4.69) is 4.98 Å². The van der Waals surface area contributed by atoms with E-state index in [1.807, 2.05) is 0 Å². The number of aliphatic hydroxyl groups is 1. The number of nitrogens with two attached hydrogens (primary N) is 1. The molecule has 0 aromatic carbocycles. The average Bonchev–Trinajstić information content (AvgIpc) is 2.14. The fraction of sp³-hybridized carbons (Fsp3) is 0.333. The Balaban J connectivity index is 0.000000631. The van der Waals surface area contributed by atoms with Gasteiger partial charge in [0.25, 0.3) is 0 Å². The summed E-state index contributed by atoms with van der Waals surface area (Å²) in [6, 6.07) is 1.19. The van der Waals surface area contributed by atoms with E-state index in [0.29, 0.717) is 0 Å². The third-order valence-corrected chi connectivity index (χ3v) is 2.41. The molecule has 0 fully saturated rings. The normalized spacial score (nSPS) is 12.4. The van der Waals surface area contributed by atoms with Crippen molar-refractivity contribution in [3.05, 3.63) is 27.3 Å². The largest absolute Gasteiger partial charge is 0.418 e. The quantitative estimate of drug-likeness (QED) is 0.230. The molecule has 0 aliphatic heterocycles. The predicted octanol–water partition coefficient (Wildman–Crippen LogP) is 2.36. The monoisotopic (exact) mass is 379 g/mol. The Hall–Kier alpha value is -0.970. The Morgan fingerprint density at radius 2 is 2.00 bits per heavy atom. The van der Waals surface area contributed by atoms with Gasteiger partial charge >= 0.3 is 6.18 Å². The zero-order chi connectivity index (χ0) is 14.5. The van der Waals surface area contributed by atoms with Gasteiger partial charge in [-0.05, 0) is 35.6 Å². The van der Waals surface area contributed by atoms with Crippen molar-refractivity contribution in [2.45, 2.75) is 19.2 Å². The fourth-order valence-corrected chi connectivity index (χ4v) is 1.51. The van der Waals surface area contributed by atoms with E-state index in [4.69, 9.17) is 16.2 Å². The summed E-state index contributed by atoms with van der Waals surface area (Å²) in [7, 11) is 0. The Kier molecular flexibility index (Phi) is 6.46. The van der Waals surface area contributed by atoms with Crippen LogP contribution in [0.1, 0.15) is 18.6 Å². The van der Waals surface area contributed by atoms with Gasteiger partial charge in [0.05, 0.1) is 11.4 Å².